The third-order valence-electron chi connectivity index (χ3n) is 4.89. The van der Waals surface area contributed by atoms with E-state index in [0.717, 1.165) is 27.9 Å². The van der Waals surface area contributed by atoms with Crippen LogP contribution in [0.2, 0.25) is 0 Å². The number of hydrogen-bond donors (Lipinski definition) is 1. The van der Waals surface area contributed by atoms with Gasteiger partial charge in [-0.3, -0.25) is 29.9 Å². The van der Waals surface area contributed by atoms with Gasteiger partial charge in [0.15, 0.2) is 9.45 Å². The number of nitro benzene ring substituents is 1. The van der Waals surface area contributed by atoms with E-state index in [2.05, 4.69) is 15.5 Å². The fourth-order valence-corrected chi connectivity index (χ4v) is 5.50. The molecule has 1 saturated heterocycles. The van der Waals surface area contributed by atoms with Gasteiger partial charge in [0.25, 0.3) is 17.5 Å². The van der Waals surface area contributed by atoms with E-state index in [1.54, 1.807) is 25.1 Å². The molecule has 1 aliphatic rings. The van der Waals surface area contributed by atoms with Gasteiger partial charge in [-0.2, -0.15) is 0 Å². The monoisotopic (exact) mass is 511 g/mol. The van der Waals surface area contributed by atoms with Gasteiger partial charge < -0.3 is 0 Å². The van der Waals surface area contributed by atoms with Crippen molar-refractivity contribution < 1.29 is 14.5 Å². The highest BCUT2D eigenvalue weighted by atomic mass is 32.2. The molecule has 0 unspecified atom stereocenters. The Morgan fingerprint density at radius 1 is 1.15 bits per heavy atom. The molecule has 0 spiro atoms. The highest BCUT2D eigenvalue weighted by Gasteiger charge is 2.35. The normalized spacial score (nSPS) is 15.1. The maximum Gasteiger partial charge on any atom is 0.283 e. The zero-order chi connectivity index (χ0) is 24.6. The summed E-state index contributed by atoms with van der Waals surface area (Å²) in [6, 6.07) is 9.99. The van der Waals surface area contributed by atoms with Crippen LogP contribution in [-0.2, 0) is 9.59 Å². The summed E-state index contributed by atoms with van der Waals surface area (Å²) in [7, 11) is 0. The number of hydrogen-bond acceptors (Lipinski definition) is 9. The number of nitrogens with one attached hydrogen (secondary N) is 1. The van der Waals surface area contributed by atoms with Gasteiger partial charge in [-0.05, 0) is 62.3 Å². The molecule has 9 nitrogen and oxygen atoms in total. The summed E-state index contributed by atoms with van der Waals surface area (Å²) in [5, 5.41) is 22.9. The van der Waals surface area contributed by atoms with Crippen molar-refractivity contribution in [3.8, 4) is 0 Å². The maximum absolute atomic E-state index is 13.3. The van der Waals surface area contributed by atoms with E-state index in [1.165, 1.54) is 28.4 Å². The van der Waals surface area contributed by atoms with Crippen LogP contribution < -0.4 is 10.2 Å². The Kier molecular flexibility index (Phi) is 6.55. The molecule has 0 atom stereocenters. The van der Waals surface area contributed by atoms with Gasteiger partial charge in [0, 0.05) is 6.07 Å². The Labute approximate surface area is 208 Å². The highest BCUT2D eigenvalue weighted by molar-refractivity contribution is 8.01. The summed E-state index contributed by atoms with van der Waals surface area (Å²) in [4.78, 5) is 38.7. The van der Waals surface area contributed by atoms with E-state index in [4.69, 9.17) is 12.2 Å². The molecule has 34 heavy (non-hydrogen) atoms. The number of nitrogens with zero attached hydrogens (tertiary/aromatic N) is 4. The van der Waals surface area contributed by atoms with Crippen molar-refractivity contribution in [1.29, 1.82) is 0 Å². The number of aryl methyl sites for hydroxylation is 3. The Hall–Kier alpha value is -3.48. The van der Waals surface area contributed by atoms with E-state index in [0.29, 0.717) is 20.5 Å². The molecular weight excluding hydrogens is 494 g/mol. The first-order valence-corrected chi connectivity index (χ1v) is 11.9. The molecule has 1 fully saturated rings. The number of thiocarbonyl (C=S) groups is 1. The first-order valence-electron chi connectivity index (χ1n) is 9.89. The van der Waals surface area contributed by atoms with Crippen LogP contribution >= 0.6 is 35.3 Å². The standard InChI is InChI=1S/C22H17N5O4S3/c1-11-4-6-16(12(2)8-11)26-20(29)15(19(28)23-21(26)32)9-14-5-7-18(17(10-14)27(30)31)34-22-25-24-13(3)33-22/h4-10H,1-3H3,(H,23,28,32)/b15-9+. The van der Waals surface area contributed by atoms with Gasteiger partial charge in [-0.25, -0.2) is 0 Å². The number of nitro groups is 1. The molecule has 4 rings (SSSR count). The molecule has 3 aromatic rings. The van der Waals surface area contributed by atoms with Crippen LogP contribution in [0, 0.1) is 30.9 Å². The van der Waals surface area contributed by atoms with Crippen molar-refractivity contribution in [2.45, 2.75) is 30.0 Å². The van der Waals surface area contributed by atoms with Crippen LogP contribution in [0.5, 0.6) is 0 Å². The van der Waals surface area contributed by atoms with Gasteiger partial charge in [0.1, 0.15) is 10.6 Å². The third kappa shape index (κ3) is 4.74. The van der Waals surface area contributed by atoms with Crippen molar-refractivity contribution in [3.63, 3.8) is 0 Å². The zero-order valence-corrected chi connectivity index (χ0v) is 20.6. The van der Waals surface area contributed by atoms with Crippen molar-refractivity contribution in [2.24, 2.45) is 0 Å². The maximum atomic E-state index is 13.3. The second kappa shape index (κ2) is 9.41. The van der Waals surface area contributed by atoms with Gasteiger partial charge in [-0.15, -0.1) is 10.2 Å². The number of aromatic nitrogens is 2. The van der Waals surface area contributed by atoms with Crippen molar-refractivity contribution in [1.82, 2.24) is 15.5 Å². The molecule has 2 heterocycles. The number of carbonyl (C=O) groups excluding carboxylic acids is 2. The number of carbonyl (C=O) groups is 2. The zero-order valence-electron chi connectivity index (χ0n) is 18.2. The summed E-state index contributed by atoms with van der Waals surface area (Å²) < 4.78 is 0.575. The van der Waals surface area contributed by atoms with Crippen molar-refractivity contribution in [2.75, 3.05) is 4.90 Å². The lowest BCUT2D eigenvalue weighted by atomic mass is 10.0. The second-order valence-corrected chi connectivity index (χ2v) is 10.3. The molecule has 0 radical (unpaired) electrons. The number of benzene rings is 2. The van der Waals surface area contributed by atoms with Crippen molar-refractivity contribution >= 4 is 69.7 Å². The molecule has 172 valence electrons. The van der Waals surface area contributed by atoms with Gasteiger partial charge in [0.05, 0.1) is 15.5 Å². The number of rotatable bonds is 5. The second-order valence-electron chi connectivity index (χ2n) is 7.42. The minimum Gasteiger partial charge on any atom is -0.298 e. The first kappa shape index (κ1) is 23.7. The molecule has 0 bridgehead atoms. The fraction of sp³-hybridized carbons (Fsp3) is 0.136. The minimum atomic E-state index is -0.665. The Morgan fingerprint density at radius 2 is 1.91 bits per heavy atom. The third-order valence-corrected chi connectivity index (χ3v) is 7.13. The summed E-state index contributed by atoms with van der Waals surface area (Å²) >= 11 is 7.71. The molecule has 2 amide bonds. The van der Waals surface area contributed by atoms with E-state index in [1.807, 2.05) is 26.0 Å². The molecule has 1 N–H and O–H groups in total. The summed E-state index contributed by atoms with van der Waals surface area (Å²) in [6.07, 6.45) is 1.33. The van der Waals surface area contributed by atoms with Crippen LogP contribution in [0.25, 0.3) is 6.08 Å². The lowest BCUT2D eigenvalue weighted by Gasteiger charge is -2.30. The Morgan fingerprint density at radius 3 is 2.56 bits per heavy atom. The fourth-order valence-electron chi connectivity index (χ4n) is 3.37. The summed E-state index contributed by atoms with van der Waals surface area (Å²) in [5.41, 5.74) is 2.37. The van der Waals surface area contributed by atoms with Gasteiger partial charge in [0.2, 0.25) is 0 Å². The van der Waals surface area contributed by atoms with E-state index in [9.17, 15) is 19.7 Å². The predicted molar refractivity (Wildman–Crippen MR) is 134 cm³/mol. The van der Waals surface area contributed by atoms with Crippen LogP contribution in [0.15, 0.2) is 51.2 Å². The van der Waals surface area contributed by atoms with Crippen LogP contribution in [0.1, 0.15) is 21.7 Å². The Balaban J connectivity index is 1.71. The quantitative estimate of drug-likeness (QED) is 0.177. The molecule has 1 aliphatic heterocycles. The lowest BCUT2D eigenvalue weighted by molar-refractivity contribution is -0.387. The average Bonchev–Trinajstić information content (AvgIpc) is 3.17. The highest BCUT2D eigenvalue weighted by Crippen LogP contribution is 2.37. The first-order chi connectivity index (χ1) is 16.1. The van der Waals surface area contributed by atoms with E-state index >= 15 is 0 Å². The van der Waals surface area contributed by atoms with Crippen LogP contribution in [0.3, 0.4) is 0 Å². The molecule has 0 aliphatic carbocycles. The van der Waals surface area contributed by atoms with Gasteiger partial charge in [-0.1, -0.05) is 46.9 Å². The molecule has 0 saturated carbocycles. The predicted octanol–water partition coefficient (Wildman–Crippen LogP) is 4.35. The van der Waals surface area contributed by atoms with Crippen molar-refractivity contribution in [3.05, 3.63) is 73.8 Å². The molecule has 1 aromatic heterocycles. The topological polar surface area (TPSA) is 118 Å². The SMILES string of the molecule is Cc1ccc(N2C(=O)/C(=C/c3ccc(Sc4nnc(C)s4)c([N+](=O)[O-])c3)C(=O)NC2=S)c(C)c1. The van der Waals surface area contributed by atoms with E-state index < -0.39 is 16.7 Å². The van der Waals surface area contributed by atoms with Crippen LogP contribution in [0.4, 0.5) is 11.4 Å². The minimum absolute atomic E-state index is 0.0239. The molecule has 2 aromatic carbocycles. The molecular formula is C22H17N5O4S3. The lowest BCUT2D eigenvalue weighted by Crippen LogP contribution is -2.54. The van der Waals surface area contributed by atoms with E-state index in [-0.39, 0.29) is 16.4 Å². The average molecular weight is 512 g/mol. The summed E-state index contributed by atoms with van der Waals surface area (Å²) in [6.45, 7) is 5.57. The summed E-state index contributed by atoms with van der Waals surface area (Å²) in [5.74, 6) is -1.27. The smallest absolute Gasteiger partial charge is 0.283 e. The van der Waals surface area contributed by atoms with Gasteiger partial charge >= 0.3 is 0 Å². The Bertz CT molecular complexity index is 1400. The number of anilines is 1. The number of amides is 2. The van der Waals surface area contributed by atoms with Crippen LogP contribution in [-0.4, -0.2) is 32.0 Å². The largest absolute Gasteiger partial charge is 0.298 e. The molecule has 12 heteroatoms.